The smallest absolute Gasteiger partial charge is 0.327 e. The van der Waals surface area contributed by atoms with Crippen LogP contribution in [-0.2, 0) is 38.4 Å². The lowest BCUT2D eigenvalue weighted by molar-refractivity contribution is -0.161. The predicted octanol–water partition coefficient (Wildman–Crippen LogP) is 5.32. The van der Waals surface area contributed by atoms with Crippen molar-refractivity contribution in [2.75, 3.05) is 12.5 Å². The van der Waals surface area contributed by atoms with Gasteiger partial charge in [-0.2, -0.15) is 0 Å². The Hall–Kier alpha value is -2.89. The zero-order chi connectivity index (χ0) is 32.6. The number of nitrogens with zero attached hydrogens (tertiary/aromatic N) is 1. The lowest BCUT2D eigenvalue weighted by atomic mass is 9.96. The second-order valence-corrected chi connectivity index (χ2v) is 16.1. The van der Waals surface area contributed by atoms with Crippen molar-refractivity contribution in [3.63, 3.8) is 0 Å². The molecule has 2 fully saturated rings. The van der Waals surface area contributed by atoms with Crippen LogP contribution in [0.4, 0.5) is 0 Å². The van der Waals surface area contributed by atoms with Crippen LogP contribution in [-0.4, -0.2) is 72.3 Å². The molecular weight excluding hydrogens is 613 g/mol. The fourth-order valence-electron chi connectivity index (χ4n) is 5.87. The maximum Gasteiger partial charge on any atom is 0.327 e. The molecule has 2 aromatic carbocycles. The number of β-lactam (4-membered cyclic amide) rings is 1. The van der Waals surface area contributed by atoms with Gasteiger partial charge in [0.05, 0.1) is 6.42 Å². The third-order valence-corrected chi connectivity index (χ3v) is 11.6. The summed E-state index contributed by atoms with van der Waals surface area (Å²) in [6.07, 6.45) is 8.52. The van der Waals surface area contributed by atoms with Crippen LogP contribution in [0, 0.1) is 0 Å². The molecule has 0 radical (unpaired) electrons. The topological polar surface area (TPSA) is 128 Å². The first-order valence-corrected chi connectivity index (χ1v) is 18.1. The number of fused-ring (bicyclic) bond motifs is 2. The second-order valence-electron chi connectivity index (χ2n) is 12.4. The van der Waals surface area contributed by atoms with E-state index in [9.17, 15) is 24.0 Å². The summed E-state index contributed by atoms with van der Waals surface area (Å²) in [6, 6.07) is 13.8. The normalized spacial score (nSPS) is 22.0. The Balaban J connectivity index is 0.000000205. The number of thioether (sulfide) groups is 1. The van der Waals surface area contributed by atoms with Crippen LogP contribution in [0.2, 0.25) is 0 Å². The van der Waals surface area contributed by atoms with Crippen LogP contribution in [0.1, 0.15) is 77.3 Å². The molecule has 3 aliphatic heterocycles. The van der Waals surface area contributed by atoms with Crippen molar-refractivity contribution in [1.82, 2.24) is 10.2 Å². The number of unbranched alkanes of at least 4 members (excludes halogenated alkanes) is 5. The largest absolute Gasteiger partial charge is 0.616 e. The fourth-order valence-corrected chi connectivity index (χ4v) is 8.76. The predicted molar refractivity (Wildman–Crippen MR) is 178 cm³/mol. The average Bonchev–Trinajstić information content (AvgIpc) is 3.58. The minimum Gasteiger partial charge on any atom is -0.616 e. The summed E-state index contributed by atoms with van der Waals surface area (Å²) in [6.45, 7) is 8.23. The van der Waals surface area contributed by atoms with E-state index < -0.39 is 34.0 Å². The summed E-state index contributed by atoms with van der Waals surface area (Å²) in [5.74, 6) is 0.898. The Morgan fingerprint density at radius 3 is 2.47 bits per heavy atom. The Morgan fingerprint density at radius 1 is 1.07 bits per heavy atom. The molecule has 0 aromatic heterocycles. The highest BCUT2D eigenvalue weighted by molar-refractivity contribution is 8.01. The first-order valence-electron chi connectivity index (χ1n) is 15.8. The number of benzene rings is 2. The number of amides is 2. The van der Waals surface area contributed by atoms with E-state index >= 15 is 0 Å². The van der Waals surface area contributed by atoms with E-state index in [0.717, 1.165) is 35.7 Å². The summed E-state index contributed by atoms with van der Waals surface area (Å²) in [7, 11) is 0. The summed E-state index contributed by atoms with van der Waals surface area (Å²) in [5.41, 5.74) is 2.05. The van der Waals surface area contributed by atoms with Gasteiger partial charge in [0, 0.05) is 11.2 Å². The number of nitrogens with one attached hydrogen (secondary N) is 1. The minimum absolute atomic E-state index is 0.191. The minimum atomic E-state index is -1.01. The third kappa shape index (κ3) is 9.10. The molecule has 0 saturated carbocycles. The first kappa shape index (κ1) is 35.0. The fraction of sp³-hybridized carbons (Fsp3) is 0.559. The maximum absolute atomic E-state index is 12.3. The zero-order valence-electron chi connectivity index (χ0n) is 26.7. The molecule has 3 aliphatic rings. The van der Waals surface area contributed by atoms with E-state index in [1.165, 1.54) is 54.3 Å². The number of carbonyl (C=O) groups excluding carboxylic acids is 2. The quantitative estimate of drug-likeness (QED) is 0.159. The molecule has 0 bridgehead atoms. The van der Waals surface area contributed by atoms with Crippen molar-refractivity contribution < 1.29 is 33.5 Å². The lowest BCUT2D eigenvalue weighted by Crippen LogP contribution is -2.70. The van der Waals surface area contributed by atoms with Crippen LogP contribution >= 0.6 is 11.8 Å². The van der Waals surface area contributed by atoms with E-state index in [1.807, 2.05) is 62.4 Å². The van der Waals surface area contributed by atoms with Crippen LogP contribution in [0.3, 0.4) is 0 Å². The standard InChI is InChI=1S/C18H28O3S.C16H18N2O4S/c1-3-4-5-6-7-8-11-22(19)15(2)12-16-9-10-17-18(13-16)21-14-20-17;1-16(2)12(15(21)22)18-13(20)11(14(18)23-16)17-10(19)8-9-6-4-3-5-7-9/h9-10,13,15H,3-8,11-12,14H2,1-2H3;3-7,11-12,14H,8H2,1-2H3,(H,17,19)(H,21,22)/t;11?,12-,14+/m.0/s1. The summed E-state index contributed by atoms with van der Waals surface area (Å²) < 4.78 is 22.5. The van der Waals surface area contributed by atoms with E-state index in [1.54, 1.807) is 0 Å². The van der Waals surface area contributed by atoms with Crippen molar-refractivity contribution >= 4 is 40.7 Å². The number of carboxylic acid groups (broad SMARTS) is 1. The molecule has 3 heterocycles. The van der Waals surface area contributed by atoms with Gasteiger partial charge in [0.1, 0.15) is 28.5 Å². The van der Waals surface area contributed by atoms with Crippen LogP contribution in [0.5, 0.6) is 11.5 Å². The van der Waals surface area contributed by atoms with Crippen LogP contribution in [0.15, 0.2) is 48.5 Å². The Morgan fingerprint density at radius 2 is 1.76 bits per heavy atom. The molecule has 0 spiro atoms. The van der Waals surface area contributed by atoms with E-state index in [0.29, 0.717) is 6.79 Å². The van der Waals surface area contributed by atoms with Gasteiger partial charge in [-0.1, -0.05) is 80.2 Å². The van der Waals surface area contributed by atoms with Crippen molar-refractivity contribution in [3.05, 3.63) is 59.7 Å². The maximum atomic E-state index is 12.3. The lowest BCUT2D eigenvalue weighted by Gasteiger charge is -2.43. The monoisotopic (exact) mass is 658 g/mol. The molecule has 246 valence electrons. The molecule has 9 nitrogen and oxygen atoms in total. The number of carboxylic acids is 1. The Kier molecular flexibility index (Phi) is 12.5. The van der Waals surface area contributed by atoms with E-state index in [4.69, 9.17) is 9.47 Å². The van der Waals surface area contributed by atoms with Gasteiger partial charge in [-0.15, -0.1) is 11.8 Å². The highest BCUT2D eigenvalue weighted by atomic mass is 32.2. The number of hydrogen-bond acceptors (Lipinski definition) is 7. The van der Waals surface area contributed by atoms with Crippen molar-refractivity contribution in [2.24, 2.45) is 0 Å². The molecule has 3 unspecified atom stereocenters. The van der Waals surface area contributed by atoms with Gasteiger partial charge >= 0.3 is 5.97 Å². The Labute approximate surface area is 274 Å². The van der Waals surface area contributed by atoms with Gasteiger partial charge in [0.25, 0.3) is 0 Å². The summed E-state index contributed by atoms with van der Waals surface area (Å²) >= 11 is 0.681. The van der Waals surface area contributed by atoms with E-state index in [2.05, 4.69) is 19.2 Å². The summed E-state index contributed by atoms with van der Waals surface area (Å²) in [5, 5.41) is 12.0. The highest BCUT2D eigenvalue weighted by Gasteiger charge is 2.64. The molecule has 5 rings (SSSR count). The molecular formula is C34H46N2O7S2. The summed E-state index contributed by atoms with van der Waals surface area (Å²) in [4.78, 5) is 37.2. The number of aliphatic carboxylic acids is 1. The van der Waals surface area contributed by atoms with Gasteiger partial charge in [-0.05, 0) is 56.9 Å². The molecule has 2 saturated heterocycles. The highest BCUT2D eigenvalue weighted by Crippen LogP contribution is 2.50. The molecule has 2 aromatic rings. The van der Waals surface area contributed by atoms with Gasteiger partial charge in [0.15, 0.2) is 11.5 Å². The van der Waals surface area contributed by atoms with Gasteiger partial charge < -0.3 is 29.3 Å². The van der Waals surface area contributed by atoms with Gasteiger partial charge in [0.2, 0.25) is 18.6 Å². The van der Waals surface area contributed by atoms with Crippen LogP contribution in [0.25, 0.3) is 0 Å². The van der Waals surface area contributed by atoms with Crippen molar-refractivity contribution in [3.8, 4) is 11.5 Å². The van der Waals surface area contributed by atoms with Crippen molar-refractivity contribution in [1.29, 1.82) is 0 Å². The molecule has 45 heavy (non-hydrogen) atoms. The zero-order valence-corrected chi connectivity index (χ0v) is 28.3. The number of carbonyl (C=O) groups is 3. The molecule has 2 amide bonds. The molecule has 11 heteroatoms. The third-order valence-electron chi connectivity index (χ3n) is 8.31. The SMILES string of the molecule is CC1(C)S[C@@H]2C(NC(=O)Cc3ccccc3)C(=O)N2[C@H]1C(=O)O.CCCCCCCC[S+]([O-])C(C)Cc1ccc2c(c1)OCO2. The van der Waals surface area contributed by atoms with Crippen molar-refractivity contribution in [2.45, 2.75) is 107 Å². The van der Waals surface area contributed by atoms with E-state index in [-0.39, 0.29) is 28.9 Å². The Bertz CT molecular complexity index is 1310. The molecule has 2 N–H and O–H groups in total. The first-order chi connectivity index (χ1) is 21.5. The van der Waals surface area contributed by atoms with Crippen LogP contribution < -0.4 is 14.8 Å². The van der Waals surface area contributed by atoms with Gasteiger partial charge in [-0.3, -0.25) is 9.59 Å². The van der Waals surface area contributed by atoms with Gasteiger partial charge in [-0.25, -0.2) is 4.79 Å². The molecule has 5 atom stereocenters. The number of ether oxygens (including phenoxy) is 2. The second kappa shape index (κ2) is 16.1. The average molecular weight is 659 g/mol. The number of rotatable bonds is 14. The number of hydrogen-bond donors (Lipinski definition) is 2. The molecule has 0 aliphatic carbocycles.